The number of hydrogen-bond donors (Lipinski definition) is 3. The van der Waals surface area contributed by atoms with Gasteiger partial charge in [0.25, 0.3) is 0 Å². The average molecular weight is 285 g/mol. The third-order valence-corrected chi connectivity index (χ3v) is 3.84. The summed E-state index contributed by atoms with van der Waals surface area (Å²) in [6, 6.07) is -0.326. The standard InChI is InChI=1S/C13H23N3O4/c1-3-16(8-10(17)14-2)12(20)15-9-13(5-4-6-13)7-11(18)19/h3-9H2,1-2H3,(H,14,17)(H,15,20)(H,18,19). The van der Waals surface area contributed by atoms with Gasteiger partial charge in [-0.05, 0) is 25.2 Å². The quantitative estimate of drug-likeness (QED) is 0.631. The summed E-state index contributed by atoms with van der Waals surface area (Å²) in [6.07, 6.45) is 2.72. The minimum absolute atomic E-state index is 0.00473. The smallest absolute Gasteiger partial charge is 0.317 e. The molecule has 1 aliphatic rings. The fourth-order valence-electron chi connectivity index (χ4n) is 2.37. The van der Waals surface area contributed by atoms with Crippen LogP contribution in [0.1, 0.15) is 32.6 Å². The highest BCUT2D eigenvalue weighted by Crippen LogP contribution is 2.43. The number of amides is 3. The van der Waals surface area contributed by atoms with E-state index in [2.05, 4.69) is 10.6 Å². The lowest BCUT2D eigenvalue weighted by molar-refractivity contribution is -0.141. The molecule has 0 aromatic carbocycles. The fraction of sp³-hybridized carbons (Fsp3) is 0.769. The first-order valence-corrected chi connectivity index (χ1v) is 6.87. The van der Waals surface area contributed by atoms with E-state index in [-0.39, 0.29) is 30.3 Å². The van der Waals surface area contributed by atoms with Crippen molar-refractivity contribution in [3.8, 4) is 0 Å². The highest BCUT2D eigenvalue weighted by Gasteiger charge is 2.39. The zero-order valence-electron chi connectivity index (χ0n) is 12.1. The van der Waals surface area contributed by atoms with Crippen LogP contribution in [0.15, 0.2) is 0 Å². The van der Waals surface area contributed by atoms with Gasteiger partial charge < -0.3 is 20.6 Å². The van der Waals surface area contributed by atoms with E-state index in [1.165, 1.54) is 11.9 Å². The Morgan fingerprint density at radius 2 is 1.95 bits per heavy atom. The minimum atomic E-state index is -0.836. The van der Waals surface area contributed by atoms with Crippen LogP contribution in [0.4, 0.5) is 4.79 Å². The van der Waals surface area contributed by atoms with Crippen molar-refractivity contribution >= 4 is 17.9 Å². The number of nitrogens with one attached hydrogen (secondary N) is 2. The number of rotatable bonds is 7. The number of hydrogen-bond acceptors (Lipinski definition) is 3. The van der Waals surface area contributed by atoms with E-state index >= 15 is 0 Å². The van der Waals surface area contributed by atoms with Gasteiger partial charge in [0.15, 0.2) is 0 Å². The first-order chi connectivity index (χ1) is 9.42. The molecule has 0 saturated heterocycles. The normalized spacial score (nSPS) is 15.9. The van der Waals surface area contributed by atoms with Gasteiger partial charge in [-0.2, -0.15) is 0 Å². The van der Waals surface area contributed by atoms with Crippen molar-refractivity contribution in [3.05, 3.63) is 0 Å². The number of carbonyl (C=O) groups excluding carboxylic acids is 2. The second-order valence-corrected chi connectivity index (χ2v) is 5.27. The predicted molar refractivity (Wildman–Crippen MR) is 73.2 cm³/mol. The summed E-state index contributed by atoms with van der Waals surface area (Å²) in [4.78, 5) is 35.5. The molecule has 3 N–H and O–H groups in total. The molecule has 0 unspecified atom stereocenters. The van der Waals surface area contributed by atoms with Crippen molar-refractivity contribution in [1.29, 1.82) is 0 Å². The second-order valence-electron chi connectivity index (χ2n) is 5.27. The van der Waals surface area contributed by atoms with Crippen LogP contribution in [0.3, 0.4) is 0 Å². The summed E-state index contributed by atoms with van der Waals surface area (Å²) < 4.78 is 0. The topological polar surface area (TPSA) is 98.7 Å². The Bertz CT molecular complexity index is 380. The molecule has 1 saturated carbocycles. The average Bonchev–Trinajstić information content (AvgIpc) is 2.37. The molecule has 0 radical (unpaired) electrons. The number of aliphatic carboxylic acids is 1. The van der Waals surface area contributed by atoms with E-state index in [1.807, 2.05) is 0 Å². The van der Waals surface area contributed by atoms with Gasteiger partial charge >= 0.3 is 12.0 Å². The largest absolute Gasteiger partial charge is 0.481 e. The lowest BCUT2D eigenvalue weighted by atomic mass is 9.66. The predicted octanol–water partition coefficient (Wildman–Crippen LogP) is 0.409. The molecule has 0 aromatic rings. The molecule has 20 heavy (non-hydrogen) atoms. The van der Waals surface area contributed by atoms with E-state index in [0.29, 0.717) is 13.1 Å². The van der Waals surface area contributed by atoms with Gasteiger partial charge in [-0.25, -0.2) is 4.79 Å². The maximum absolute atomic E-state index is 12.0. The molecule has 1 aliphatic carbocycles. The summed E-state index contributed by atoms with van der Waals surface area (Å²) in [6.45, 7) is 2.57. The molecule has 0 aromatic heterocycles. The van der Waals surface area contributed by atoms with Crippen LogP contribution in [0.25, 0.3) is 0 Å². The summed E-state index contributed by atoms with van der Waals surface area (Å²) in [5.41, 5.74) is -0.312. The minimum Gasteiger partial charge on any atom is -0.481 e. The number of carboxylic acid groups (broad SMARTS) is 1. The Kier molecular flexibility index (Phi) is 5.79. The maximum Gasteiger partial charge on any atom is 0.317 e. The van der Waals surface area contributed by atoms with Gasteiger partial charge in [-0.1, -0.05) is 6.42 Å². The van der Waals surface area contributed by atoms with Gasteiger partial charge in [0.1, 0.15) is 6.54 Å². The Morgan fingerprint density at radius 3 is 2.35 bits per heavy atom. The summed E-state index contributed by atoms with van der Waals surface area (Å²) in [5, 5.41) is 14.1. The highest BCUT2D eigenvalue weighted by molar-refractivity contribution is 5.83. The maximum atomic E-state index is 12.0. The number of carbonyl (C=O) groups is 3. The third kappa shape index (κ3) is 4.40. The van der Waals surface area contributed by atoms with Crippen LogP contribution in [0, 0.1) is 5.41 Å². The van der Waals surface area contributed by atoms with Crippen LogP contribution in [-0.2, 0) is 9.59 Å². The Morgan fingerprint density at radius 1 is 1.30 bits per heavy atom. The SMILES string of the molecule is CCN(CC(=O)NC)C(=O)NCC1(CC(=O)O)CCC1. The lowest BCUT2D eigenvalue weighted by Gasteiger charge is -2.41. The van der Waals surface area contributed by atoms with Crippen molar-refractivity contribution in [2.75, 3.05) is 26.7 Å². The monoisotopic (exact) mass is 285 g/mol. The van der Waals surface area contributed by atoms with Crippen molar-refractivity contribution in [2.45, 2.75) is 32.6 Å². The molecule has 1 fully saturated rings. The second kappa shape index (κ2) is 7.12. The third-order valence-electron chi connectivity index (χ3n) is 3.84. The Balaban J connectivity index is 2.47. The van der Waals surface area contributed by atoms with Gasteiger partial charge in [-0.3, -0.25) is 9.59 Å². The van der Waals surface area contributed by atoms with Gasteiger partial charge in [-0.15, -0.1) is 0 Å². The summed E-state index contributed by atoms with van der Waals surface area (Å²) in [7, 11) is 1.52. The van der Waals surface area contributed by atoms with Crippen molar-refractivity contribution in [3.63, 3.8) is 0 Å². The molecule has 0 spiro atoms. The van der Waals surface area contributed by atoms with Gasteiger partial charge in [0, 0.05) is 20.1 Å². The molecule has 114 valence electrons. The number of nitrogens with zero attached hydrogens (tertiary/aromatic N) is 1. The van der Waals surface area contributed by atoms with Crippen LogP contribution in [0.2, 0.25) is 0 Å². The molecular weight excluding hydrogens is 262 g/mol. The lowest BCUT2D eigenvalue weighted by Crippen LogP contribution is -2.49. The van der Waals surface area contributed by atoms with Crippen molar-refractivity contribution < 1.29 is 19.5 Å². The van der Waals surface area contributed by atoms with Crippen LogP contribution in [-0.4, -0.2) is 54.6 Å². The number of likely N-dealkylation sites (N-methyl/N-ethyl adjacent to an activating group) is 2. The van der Waals surface area contributed by atoms with E-state index in [4.69, 9.17) is 5.11 Å². The van der Waals surface area contributed by atoms with Crippen molar-refractivity contribution in [2.24, 2.45) is 5.41 Å². The van der Waals surface area contributed by atoms with Crippen molar-refractivity contribution in [1.82, 2.24) is 15.5 Å². The molecule has 0 heterocycles. The first kappa shape index (κ1) is 16.3. The summed E-state index contributed by atoms with van der Waals surface area (Å²) >= 11 is 0. The van der Waals surface area contributed by atoms with Crippen LogP contribution in [0.5, 0.6) is 0 Å². The molecule has 0 atom stereocenters. The molecule has 1 rings (SSSR count). The highest BCUT2D eigenvalue weighted by atomic mass is 16.4. The zero-order valence-corrected chi connectivity index (χ0v) is 12.1. The number of urea groups is 1. The molecule has 3 amide bonds. The molecule has 0 bridgehead atoms. The summed E-state index contributed by atoms with van der Waals surface area (Å²) in [5.74, 6) is -1.07. The zero-order chi connectivity index (χ0) is 15.2. The van der Waals surface area contributed by atoms with Gasteiger partial charge in [0.2, 0.25) is 5.91 Å². The van der Waals surface area contributed by atoms with E-state index in [1.54, 1.807) is 6.92 Å². The molecule has 7 heteroatoms. The van der Waals surface area contributed by atoms with Crippen LogP contribution >= 0.6 is 0 Å². The molecule has 7 nitrogen and oxygen atoms in total. The van der Waals surface area contributed by atoms with E-state index in [9.17, 15) is 14.4 Å². The molecular formula is C13H23N3O4. The number of carboxylic acids is 1. The Hall–Kier alpha value is -1.79. The Labute approximate surface area is 118 Å². The fourth-order valence-corrected chi connectivity index (χ4v) is 2.37. The van der Waals surface area contributed by atoms with E-state index in [0.717, 1.165) is 19.3 Å². The first-order valence-electron chi connectivity index (χ1n) is 6.87. The van der Waals surface area contributed by atoms with E-state index < -0.39 is 5.97 Å². The van der Waals surface area contributed by atoms with Crippen LogP contribution < -0.4 is 10.6 Å². The van der Waals surface area contributed by atoms with Gasteiger partial charge in [0.05, 0.1) is 6.42 Å². The molecule has 0 aliphatic heterocycles.